The van der Waals surface area contributed by atoms with Crippen molar-refractivity contribution in [3.05, 3.63) is 54.4 Å². The van der Waals surface area contributed by atoms with Crippen LogP contribution in [0.1, 0.15) is 12.5 Å². The number of aryl methyl sites for hydroxylation is 1. The summed E-state index contributed by atoms with van der Waals surface area (Å²) in [4.78, 5) is 16.9. The van der Waals surface area contributed by atoms with Crippen LogP contribution in [0.2, 0.25) is 0 Å². The first-order chi connectivity index (χ1) is 14.1. The minimum Gasteiger partial charge on any atom is -0.494 e. The van der Waals surface area contributed by atoms with Gasteiger partial charge < -0.3 is 10.1 Å². The van der Waals surface area contributed by atoms with Crippen LogP contribution in [0.5, 0.6) is 5.75 Å². The van der Waals surface area contributed by atoms with Crippen molar-refractivity contribution >= 4 is 44.4 Å². The van der Waals surface area contributed by atoms with Gasteiger partial charge in [0.15, 0.2) is 10.3 Å². The Hall–Kier alpha value is -2.91. The third kappa shape index (κ3) is 4.41. The van der Waals surface area contributed by atoms with Crippen LogP contribution in [0.15, 0.2) is 53.9 Å². The smallest absolute Gasteiger partial charge is 0.236 e. The second-order valence-electron chi connectivity index (χ2n) is 6.19. The van der Waals surface area contributed by atoms with E-state index in [0.29, 0.717) is 16.9 Å². The maximum absolute atomic E-state index is 12.4. The molecule has 0 aliphatic carbocycles. The third-order valence-electron chi connectivity index (χ3n) is 4.14. The lowest BCUT2D eigenvalue weighted by Crippen LogP contribution is -2.14. The zero-order valence-electron chi connectivity index (χ0n) is 16.0. The average molecular weight is 426 g/mol. The van der Waals surface area contributed by atoms with Gasteiger partial charge in [0.25, 0.3) is 0 Å². The van der Waals surface area contributed by atoms with Crippen molar-refractivity contribution < 1.29 is 9.53 Å². The quantitative estimate of drug-likeness (QED) is 0.444. The first kappa shape index (κ1) is 19.4. The van der Waals surface area contributed by atoms with E-state index in [1.165, 1.54) is 23.1 Å². The Kier molecular flexibility index (Phi) is 5.77. The highest BCUT2D eigenvalue weighted by molar-refractivity contribution is 7.99. The molecule has 0 atom stereocenters. The topological polar surface area (TPSA) is 81.9 Å². The Morgan fingerprint density at radius 1 is 1.28 bits per heavy atom. The van der Waals surface area contributed by atoms with Crippen molar-refractivity contribution in [3.63, 3.8) is 0 Å². The van der Waals surface area contributed by atoms with Gasteiger partial charge in [-0.1, -0.05) is 41.3 Å². The van der Waals surface area contributed by atoms with Gasteiger partial charge in [0.2, 0.25) is 5.91 Å². The maximum Gasteiger partial charge on any atom is 0.236 e. The molecular formula is C20H19N5O2S2. The lowest BCUT2D eigenvalue weighted by atomic mass is 10.2. The van der Waals surface area contributed by atoms with Crippen molar-refractivity contribution in [1.82, 2.24) is 19.7 Å². The van der Waals surface area contributed by atoms with E-state index in [-0.39, 0.29) is 11.7 Å². The van der Waals surface area contributed by atoms with Crippen LogP contribution >= 0.6 is 23.1 Å². The average Bonchev–Trinajstić information content (AvgIpc) is 3.33. The molecule has 29 heavy (non-hydrogen) atoms. The number of aromatic nitrogens is 4. The van der Waals surface area contributed by atoms with Crippen LogP contribution in [0.4, 0.5) is 5.13 Å². The third-order valence-corrected chi connectivity index (χ3v) is 6.02. The van der Waals surface area contributed by atoms with Crippen LogP contribution < -0.4 is 10.1 Å². The first-order valence-electron chi connectivity index (χ1n) is 9.06. The summed E-state index contributed by atoms with van der Waals surface area (Å²) in [6.45, 7) is 4.58. The summed E-state index contributed by atoms with van der Waals surface area (Å²) in [7, 11) is 0. The van der Waals surface area contributed by atoms with Gasteiger partial charge in [-0.3, -0.25) is 9.36 Å². The summed E-state index contributed by atoms with van der Waals surface area (Å²) in [5.41, 5.74) is 2.94. The lowest BCUT2D eigenvalue weighted by molar-refractivity contribution is -0.113. The Labute approximate surface area is 176 Å². The molecule has 0 bridgehead atoms. The highest BCUT2D eigenvalue weighted by atomic mass is 32.2. The fraction of sp³-hybridized carbons (Fsp3) is 0.200. The molecule has 0 saturated carbocycles. The molecule has 2 heterocycles. The summed E-state index contributed by atoms with van der Waals surface area (Å²) < 4.78 is 8.37. The second kappa shape index (κ2) is 8.62. The molecular weight excluding hydrogens is 406 g/mol. The Bertz CT molecular complexity index is 1150. The van der Waals surface area contributed by atoms with Crippen LogP contribution in [0, 0.1) is 6.92 Å². The molecule has 2 aromatic heterocycles. The van der Waals surface area contributed by atoms with Gasteiger partial charge in [-0.15, -0.1) is 10.2 Å². The number of nitrogens with one attached hydrogen (secondary N) is 1. The van der Waals surface area contributed by atoms with E-state index in [0.717, 1.165) is 27.2 Å². The van der Waals surface area contributed by atoms with E-state index in [2.05, 4.69) is 20.5 Å². The lowest BCUT2D eigenvalue weighted by Gasteiger charge is -2.08. The molecule has 4 rings (SSSR count). The van der Waals surface area contributed by atoms with Crippen molar-refractivity contribution in [2.24, 2.45) is 0 Å². The number of fused-ring (bicyclic) bond motifs is 1. The SMILES string of the molecule is CCOc1ccc2nc(NC(=O)CSc3nncn3-c3ccccc3C)sc2c1. The van der Waals surface area contributed by atoms with E-state index in [1.807, 2.05) is 60.9 Å². The predicted octanol–water partition coefficient (Wildman–Crippen LogP) is 4.31. The minimum atomic E-state index is -0.140. The summed E-state index contributed by atoms with van der Waals surface area (Å²) in [5.74, 6) is 0.871. The number of hydrogen-bond acceptors (Lipinski definition) is 7. The van der Waals surface area contributed by atoms with Crippen molar-refractivity contribution in [2.75, 3.05) is 17.7 Å². The maximum atomic E-state index is 12.4. The molecule has 4 aromatic rings. The number of benzene rings is 2. The van der Waals surface area contributed by atoms with E-state index in [4.69, 9.17) is 4.74 Å². The monoisotopic (exact) mass is 425 g/mol. The summed E-state index contributed by atoms with van der Waals surface area (Å²) in [6, 6.07) is 13.7. The normalized spacial score (nSPS) is 11.0. The molecule has 0 saturated heterocycles. The van der Waals surface area contributed by atoms with Gasteiger partial charge in [-0.05, 0) is 43.7 Å². The molecule has 0 radical (unpaired) electrons. The molecule has 0 aliphatic rings. The highest BCUT2D eigenvalue weighted by Gasteiger charge is 2.13. The number of para-hydroxylation sites is 1. The van der Waals surface area contributed by atoms with Crippen LogP contribution in [-0.2, 0) is 4.79 Å². The number of carbonyl (C=O) groups excluding carboxylic acids is 1. The molecule has 0 spiro atoms. The minimum absolute atomic E-state index is 0.140. The summed E-state index contributed by atoms with van der Waals surface area (Å²) >= 11 is 2.76. The van der Waals surface area contributed by atoms with Crippen LogP contribution in [0.25, 0.3) is 15.9 Å². The van der Waals surface area contributed by atoms with Gasteiger partial charge in [0, 0.05) is 0 Å². The molecule has 148 valence electrons. The molecule has 9 heteroatoms. The Morgan fingerprint density at radius 2 is 2.14 bits per heavy atom. The molecule has 0 fully saturated rings. The number of amides is 1. The number of thioether (sulfide) groups is 1. The van der Waals surface area contributed by atoms with Crippen molar-refractivity contribution in [2.45, 2.75) is 19.0 Å². The van der Waals surface area contributed by atoms with Gasteiger partial charge in [-0.2, -0.15) is 0 Å². The van der Waals surface area contributed by atoms with E-state index >= 15 is 0 Å². The number of hydrogen-bond donors (Lipinski definition) is 1. The van der Waals surface area contributed by atoms with Gasteiger partial charge in [0.05, 0.1) is 28.3 Å². The predicted molar refractivity (Wildman–Crippen MR) is 116 cm³/mol. The number of anilines is 1. The number of rotatable bonds is 7. The zero-order chi connectivity index (χ0) is 20.2. The molecule has 0 aliphatic heterocycles. The summed E-state index contributed by atoms with van der Waals surface area (Å²) in [5, 5.41) is 12.2. The van der Waals surface area contributed by atoms with Crippen molar-refractivity contribution in [1.29, 1.82) is 0 Å². The Balaban J connectivity index is 1.42. The fourth-order valence-corrected chi connectivity index (χ4v) is 4.45. The fourth-order valence-electron chi connectivity index (χ4n) is 2.82. The van der Waals surface area contributed by atoms with Crippen LogP contribution in [-0.4, -0.2) is 38.0 Å². The van der Waals surface area contributed by atoms with Crippen molar-refractivity contribution in [3.8, 4) is 11.4 Å². The molecule has 1 N–H and O–H groups in total. The highest BCUT2D eigenvalue weighted by Crippen LogP contribution is 2.29. The van der Waals surface area contributed by atoms with E-state index in [1.54, 1.807) is 6.33 Å². The molecule has 7 nitrogen and oxygen atoms in total. The van der Waals surface area contributed by atoms with E-state index in [9.17, 15) is 4.79 Å². The number of ether oxygens (including phenoxy) is 1. The largest absolute Gasteiger partial charge is 0.494 e. The zero-order valence-corrected chi connectivity index (χ0v) is 17.6. The van der Waals surface area contributed by atoms with E-state index < -0.39 is 0 Å². The number of nitrogens with zero attached hydrogens (tertiary/aromatic N) is 4. The van der Waals surface area contributed by atoms with Crippen LogP contribution in [0.3, 0.4) is 0 Å². The first-order valence-corrected chi connectivity index (χ1v) is 10.9. The number of carbonyl (C=O) groups is 1. The molecule has 0 unspecified atom stereocenters. The van der Waals surface area contributed by atoms with Gasteiger partial charge in [-0.25, -0.2) is 4.98 Å². The van der Waals surface area contributed by atoms with Gasteiger partial charge in [0.1, 0.15) is 12.1 Å². The standard InChI is InChI=1S/C20H19N5O2S2/c1-3-27-14-8-9-15-17(10-14)29-19(22-15)23-18(26)11-28-20-24-21-12-25(20)16-7-5-4-6-13(16)2/h4-10,12H,3,11H2,1-2H3,(H,22,23,26). The molecule has 1 amide bonds. The van der Waals surface area contributed by atoms with Gasteiger partial charge >= 0.3 is 0 Å². The molecule has 2 aromatic carbocycles. The second-order valence-corrected chi connectivity index (χ2v) is 8.16. The summed E-state index contributed by atoms with van der Waals surface area (Å²) in [6.07, 6.45) is 1.66. The number of thiazole rings is 1. The Morgan fingerprint density at radius 3 is 2.97 bits per heavy atom.